The number of phenols is 2. The molecule has 0 radical (unpaired) electrons. The maximum Gasteiger partial charge on any atom is 0.312 e. The summed E-state index contributed by atoms with van der Waals surface area (Å²) < 4.78 is 21.9. The van der Waals surface area contributed by atoms with E-state index in [0.717, 1.165) is 0 Å². The van der Waals surface area contributed by atoms with Gasteiger partial charge in [-0.3, -0.25) is 9.59 Å². The minimum Gasteiger partial charge on any atom is -0.508 e. The summed E-state index contributed by atoms with van der Waals surface area (Å²) in [6.45, 7) is 0. The summed E-state index contributed by atoms with van der Waals surface area (Å²) in [7, 11) is 3.00. The maximum absolute atomic E-state index is 13.5. The van der Waals surface area contributed by atoms with E-state index < -0.39 is 17.3 Å². The van der Waals surface area contributed by atoms with Gasteiger partial charge in [0.15, 0.2) is 11.5 Å². The molecule has 0 unspecified atom stereocenters. The van der Waals surface area contributed by atoms with Crippen molar-refractivity contribution >= 4 is 16.9 Å². The van der Waals surface area contributed by atoms with Crippen LogP contribution < -0.4 is 19.6 Å². The van der Waals surface area contributed by atoms with Crippen molar-refractivity contribution in [3.05, 3.63) is 76.1 Å². The van der Waals surface area contributed by atoms with Crippen molar-refractivity contribution in [1.29, 1.82) is 0 Å². The highest BCUT2D eigenvalue weighted by Crippen LogP contribution is 2.46. The van der Waals surface area contributed by atoms with Crippen LogP contribution in [0.2, 0.25) is 0 Å². The molecule has 4 aromatic rings. The molecule has 0 aliphatic carbocycles. The Balaban J connectivity index is 1.75. The molecule has 0 saturated carbocycles. The van der Waals surface area contributed by atoms with Gasteiger partial charge in [-0.05, 0) is 35.4 Å². The van der Waals surface area contributed by atoms with E-state index in [4.69, 9.17) is 18.6 Å². The first kappa shape index (κ1) is 21.4. The Morgan fingerprint density at radius 3 is 2.50 bits per heavy atom. The fourth-order valence-electron chi connectivity index (χ4n) is 4.36. The van der Waals surface area contributed by atoms with E-state index in [-0.39, 0.29) is 40.2 Å². The predicted octanol–water partition coefficient (Wildman–Crippen LogP) is 4.33. The summed E-state index contributed by atoms with van der Waals surface area (Å²) in [5.74, 6) is -0.316. The summed E-state index contributed by atoms with van der Waals surface area (Å²) in [6, 6.07) is 12.7. The van der Waals surface area contributed by atoms with Crippen LogP contribution in [0.5, 0.6) is 28.7 Å². The van der Waals surface area contributed by atoms with E-state index in [0.29, 0.717) is 28.2 Å². The van der Waals surface area contributed by atoms with E-state index in [1.807, 2.05) is 0 Å². The van der Waals surface area contributed by atoms with Gasteiger partial charge in [-0.25, -0.2) is 0 Å². The number of hydrogen-bond donors (Lipinski definition) is 2. The van der Waals surface area contributed by atoms with Crippen LogP contribution in [0, 0.1) is 0 Å². The second-order valence-corrected chi connectivity index (χ2v) is 7.89. The van der Waals surface area contributed by atoms with Gasteiger partial charge in [0.05, 0.1) is 26.2 Å². The van der Waals surface area contributed by atoms with Crippen molar-refractivity contribution < 1.29 is 33.6 Å². The third kappa shape index (κ3) is 3.40. The molecule has 2 heterocycles. The fraction of sp³-hybridized carbons (Fsp3) is 0.154. The van der Waals surface area contributed by atoms with E-state index in [1.54, 1.807) is 36.4 Å². The molecular formula is C26H20O8. The van der Waals surface area contributed by atoms with Crippen LogP contribution in [-0.2, 0) is 4.79 Å². The molecular weight excluding hydrogens is 440 g/mol. The van der Waals surface area contributed by atoms with E-state index in [1.165, 1.54) is 32.6 Å². The number of carbonyl (C=O) groups is 1. The van der Waals surface area contributed by atoms with E-state index >= 15 is 0 Å². The average Bonchev–Trinajstić information content (AvgIpc) is 2.83. The molecule has 0 amide bonds. The number of methoxy groups -OCH3 is 2. The Morgan fingerprint density at radius 1 is 0.971 bits per heavy atom. The van der Waals surface area contributed by atoms with Gasteiger partial charge in [0.25, 0.3) is 0 Å². The monoisotopic (exact) mass is 460 g/mol. The molecule has 172 valence electrons. The average molecular weight is 460 g/mol. The van der Waals surface area contributed by atoms with Crippen LogP contribution in [0.4, 0.5) is 0 Å². The van der Waals surface area contributed by atoms with Crippen LogP contribution in [0.15, 0.2) is 64.0 Å². The number of carbonyl (C=O) groups excluding carboxylic acids is 1. The normalized spacial score (nSPS) is 15.0. The first-order valence-electron chi connectivity index (χ1n) is 10.4. The lowest BCUT2D eigenvalue weighted by molar-refractivity contribution is -0.135. The van der Waals surface area contributed by atoms with E-state index in [9.17, 15) is 19.8 Å². The first-order valence-corrected chi connectivity index (χ1v) is 10.4. The highest BCUT2D eigenvalue weighted by atomic mass is 16.5. The third-order valence-corrected chi connectivity index (χ3v) is 5.94. The van der Waals surface area contributed by atoms with Crippen LogP contribution in [0.25, 0.3) is 22.1 Å². The molecule has 5 rings (SSSR count). The number of fused-ring (bicyclic) bond motifs is 3. The van der Waals surface area contributed by atoms with Crippen molar-refractivity contribution in [2.75, 3.05) is 14.2 Å². The van der Waals surface area contributed by atoms with Gasteiger partial charge in [0.1, 0.15) is 34.5 Å². The standard InChI is InChI=1S/C26H20O8/c1-31-19-7-6-14(9-20(19)32-2)17-12-33-26-23-16(13-4-3-5-15(27)8-13)10-22(29)34-21(23)11-18(28)24(26)25(17)30/h3-9,11-12,16,27-28H,10H2,1-2H3/t16-/m1/s1. The fourth-order valence-corrected chi connectivity index (χ4v) is 4.36. The summed E-state index contributed by atoms with van der Waals surface area (Å²) in [5, 5.41) is 20.6. The van der Waals surface area contributed by atoms with Gasteiger partial charge < -0.3 is 28.8 Å². The molecule has 1 atom stereocenters. The Morgan fingerprint density at radius 2 is 1.76 bits per heavy atom. The highest BCUT2D eigenvalue weighted by Gasteiger charge is 2.33. The largest absolute Gasteiger partial charge is 0.508 e. The number of phenolic OH excluding ortho intramolecular Hbond substituents is 2. The molecule has 1 aliphatic rings. The first-order chi connectivity index (χ1) is 16.4. The zero-order valence-corrected chi connectivity index (χ0v) is 18.3. The van der Waals surface area contributed by atoms with Gasteiger partial charge in [-0.15, -0.1) is 0 Å². The molecule has 2 N–H and O–H groups in total. The van der Waals surface area contributed by atoms with Crippen molar-refractivity contribution in [3.63, 3.8) is 0 Å². The Labute approximate surface area is 193 Å². The highest BCUT2D eigenvalue weighted by molar-refractivity contribution is 5.94. The quantitative estimate of drug-likeness (QED) is 0.342. The van der Waals surface area contributed by atoms with Gasteiger partial charge in [0, 0.05) is 17.5 Å². The molecule has 8 heteroatoms. The molecule has 0 spiro atoms. The zero-order valence-electron chi connectivity index (χ0n) is 18.3. The predicted molar refractivity (Wildman–Crippen MR) is 123 cm³/mol. The SMILES string of the molecule is COc1ccc(-c2coc3c4c(cc(O)c3c2=O)OC(=O)C[C@@H]4c2cccc(O)c2)cc1OC. The molecule has 34 heavy (non-hydrogen) atoms. The van der Waals surface area contributed by atoms with Gasteiger partial charge in [0.2, 0.25) is 5.43 Å². The molecule has 1 aromatic heterocycles. The van der Waals surface area contributed by atoms with Crippen LogP contribution in [0.1, 0.15) is 23.5 Å². The lowest BCUT2D eigenvalue weighted by Crippen LogP contribution is -2.22. The minimum absolute atomic E-state index is 0.0164. The van der Waals surface area contributed by atoms with Crippen molar-refractivity contribution in [3.8, 4) is 39.9 Å². The smallest absolute Gasteiger partial charge is 0.312 e. The van der Waals surface area contributed by atoms with Crippen molar-refractivity contribution in [1.82, 2.24) is 0 Å². The lowest BCUT2D eigenvalue weighted by atomic mass is 9.85. The summed E-state index contributed by atoms with van der Waals surface area (Å²) in [6.07, 6.45) is 1.29. The van der Waals surface area contributed by atoms with Crippen molar-refractivity contribution in [2.45, 2.75) is 12.3 Å². The lowest BCUT2D eigenvalue weighted by Gasteiger charge is -2.26. The minimum atomic E-state index is -0.540. The topological polar surface area (TPSA) is 115 Å². The maximum atomic E-state index is 13.5. The third-order valence-electron chi connectivity index (χ3n) is 5.94. The number of hydrogen-bond acceptors (Lipinski definition) is 8. The molecule has 8 nitrogen and oxygen atoms in total. The number of esters is 1. The second-order valence-electron chi connectivity index (χ2n) is 7.89. The van der Waals surface area contributed by atoms with Crippen molar-refractivity contribution in [2.24, 2.45) is 0 Å². The molecule has 0 saturated heterocycles. The molecule has 3 aromatic carbocycles. The number of ether oxygens (including phenoxy) is 3. The summed E-state index contributed by atoms with van der Waals surface area (Å²) in [5.41, 5.74) is 1.49. The Bertz CT molecular complexity index is 1500. The Kier molecular flexibility index (Phi) is 5.13. The van der Waals surface area contributed by atoms with Crippen LogP contribution >= 0.6 is 0 Å². The summed E-state index contributed by atoms with van der Waals surface area (Å²) in [4.78, 5) is 25.8. The van der Waals surface area contributed by atoms with Crippen LogP contribution in [0.3, 0.4) is 0 Å². The molecule has 0 fully saturated rings. The zero-order chi connectivity index (χ0) is 24.0. The molecule has 0 bridgehead atoms. The van der Waals surface area contributed by atoms with E-state index in [2.05, 4.69) is 0 Å². The molecule has 1 aliphatic heterocycles. The second kappa shape index (κ2) is 8.15. The number of benzene rings is 3. The van der Waals surface area contributed by atoms with Gasteiger partial charge in [-0.1, -0.05) is 18.2 Å². The van der Waals surface area contributed by atoms with Gasteiger partial charge >= 0.3 is 5.97 Å². The van der Waals surface area contributed by atoms with Gasteiger partial charge in [-0.2, -0.15) is 0 Å². The Hall–Kier alpha value is -4.46. The van der Waals surface area contributed by atoms with Crippen LogP contribution in [-0.4, -0.2) is 30.4 Å². The summed E-state index contributed by atoms with van der Waals surface area (Å²) >= 11 is 0. The number of aromatic hydroxyl groups is 2. The number of rotatable bonds is 4.